The second kappa shape index (κ2) is 5.40. The number of ether oxygens (including phenoxy) is 2. The molecule has 1 heterocycles. The van der Waals surface area contributed by atoms with Gasteiger partial charge in [-0.05, 0) is 24.3 Å². The molecule has 3 aromatic rings. The van der Waals surface area contributed by atoms with E-state index >= 15 is 0 Å². The van der Waals surface area contributed by atoms with Gasteiger partial charge in [-0.25, -0.2) is 0 Å². The minimum absolute atomic E-state index is 0.703. The van der Waals surface area contributed by atoms with E-state index in [9.17, 15) is 0 Å². The number of nitrogens with two attached hydrogens (primary N) is 1. The Morgan fingerprint density at radius 3 is 2.57 bits per heavy atom. The molecule has 108 valence electrons. The number of benzene rings is 2. The first kappa shape index (κ1) is 13.4. The topological polar surface area (TPSA) is 49.4 Å². The van der Waals surface area contributed by atoms with E-state index in [2.05, 4.69) is 22.9 Å². The SMILES string of the molecule is COc1cc(N)ccc1Cn1ccc2c(OC)cccc21. The number of hydrogen-bond acceptors (Lipinski definition) is 3. The molecule has 0 saturated heterocycles. The molecule has 0 atom stereocenters. The van der Waals surface area contributed by atoms with Crippen molar-refractivity contribution in [2.75, 3.05) is 20.0 Å². The molecule has 4 nitrogen and oxygen atoms in total. The Bertz CT molecular complexity index is 778. The molecule has 0 fully saturated rings. The third-order valence-electron chi connectivity index (χ3n) is 3.65. The van der Waals surface area contributed by atoms with Gasteiger partial charge >= 0.3 is 0 Å². The molecular formula is C17H18N2O2. The third-order valence-corrected chi connectivity index (χ3v) is 3.65. The Morgan fingerprint density at radius 2 is 1.81 bits per heavy atom. The van der Waals surface area contributed by atoms with Crippen molar-refractivity contribution >= 4 is 16.6 Å². The molecule has 21 heavy (non-hydrogen) atoms. The van der Waals surface area contributed by atoms with Crippen molar-refractivity contribution in [1.82, 2.24) is 4.57 Å². The Labute approximate surface area is 123 Å². The van der Waals surface area contributed by atoms with E-state index in [1.807, 2.05) is 30.3 Å². The fourth-order valence-electron chi connectivity index (χ4n) is 2.59. The standard InChI is InChI=1S/C17H18N2O2/c1-20-16-5-3-4-15-14(16)8-9-19(15)11-12-6-7-13(18)10-17(12)21-2/h3-10H,11,18H2,1-2H3. The largest absolute Gasteiger partial charge is 0.496 e. The van der Waals surface area contributed by atoms with Gasteiger partial charge < -0.3 is 19.8 Å². The number of aromatic nitrogens is 1. The molecule has 0 aliphatic heterocycles. The van der Waals surface area contributed by atoms with Crippen LogP contribution in [-0.2, 0) is 6.54 Å². The molecule has 0 aliphatic rings. The van der Waals surface area contributed by atoms with E-state index in [-0.39, 0.29) is 0 Å². The minimum Gasteiger partial charge on any atom is -0.496 e. The van der Waals surface area contributed by atoms with Crippen molar-refractivity contribution in [2.45, 2.75) is 6.54 Å². The zero-order chi connectivity index (χ0) is 14.8. The molecule has 0 aliphatic carbocycles. The number of nitrogen functional groups attached to an aromatic ring is 1. The average molecular weight is 282 g/mol. The van der Waals surface area contributed by atoms with Crippen LogP contribution < -0.4 is 15.2 Å². The van der Waals surface area contributed by atoms with Crippen molar-refractivity contribution in [3.05, 3.63) is 54.2 Å². The van der Waals surface area contributed by atoms with Crippen LogP contribution in [0.1, 0.15) is 5.56 Å². The summed E-state index contributed by atoms with van der Waals surface area (Å²) in [7, 11) is 3.35. The molecule has 4 heteroatoms. The zero-order valence-corrected chi connectivity index (χ0v) is 12.2. The van der Waals surface area contributed by atoms with Gasteiger partial charge in [-0.15, -0.1) is 0 Å². The lowest BCUT2D eigenvalue weighted by Gasteiger charge is -2.11. The fraction of sp³-hybridized carbons (Fsp3) is 0.176. The molecule has 2 aromatic carbocycles. The van der Waals surface area contributed by atoms with Gasteiger partial charge in [0.05, 0.1) is 26.3 Å². The van der Waals surface area contributed by atoms with E-state index in [1.54, 1.807) is 14.2 Å². The fourth-order valence-corrected chi connectivity index (χ4v) is 2.59. The van der Waals surface area contributed by atoms with Gasteiger partial charge in [-0.3, -0.25) is 0 Å². The molecular weight excluding hydrogens is 264 g/mol. The van der Waals surface area contributed by atoms with Crippen LogP contribution in [0.2, 0.25) is 0 Å². The minimum atomic E-state index is 0.703. The van der Waals surface area contributed by atoms with Crippen LogP contribution in [0.5, 0.6) is 11.5 Å². The van der Waals surface area contributed by atoms with Crippen molar-refractivity contribution in [2.24, 2.45) is 0 Å². The first-order valence-electron chi connectivity index (χ1n) is 6.77. The quantitative estimate of drug-likeness (QED) is 0.747. The Morgan fingerprint density at radius 1 is 1.00 bits per heavy atom. The molecule has 0 saturated carbocycles. The lowest BCUT2D eigenvalue weighted by atomic mass is 10.1. The van der Waals surface area contributed by atoms with Gasteiger partial charge in [0, 0.05) is 28.9 Å². The smallest absolute Gasteiger partial charge is 0.128 e. The van der Waals surface area contributed by atoms with Crippen LogP contribution >= 0.6 is 0 Å². The second-order valence-electron chi connectivity index (χ2n) is 4.91. The average Bonchev–Trinajstić information content (AvgIpc) is 2.92. The number of anilines is 1. The summed E-state index contributed by atoms with van der Waals surface area (Å²) in [6.45, 7) is 0.722. The number of fused-ring (bicyclic) bond motifs is 1. The second-order valence-corrected chi connectivity index (χ2v) is 4.91. The lowest BCUT2D eigenvalue weighted by Crippen LogP contribution is -2.01. The molecule has 2 N–H and O–H groups in total. The molecule has 0 amide bonds. The summed E-state index contributed by atoms with van der Waals surface area (Å²) < 4.78 is 13.0. The number of rotatable bonds is 4. The van der Waals surface area contributed by atoms with Gasteiger partial charge in [-0.2, -0.15) is 0 Å². The summed E-state index contributed by atoms with van der Waals surface area (Å²) in [6.07, 6.45) is 2.06. The summed E-state index contributed by atoms with van der Waals surface area (Å²) in [4.78, 5) is 0. The number of hydrogen-bond donors (Lipinski definition) is 1. The van der Waals surface area contributed by atoms with Crippen molar-refractivity contribution < 1.29 is 9.47 Å². The van der Waals surface area contributed by atoms with Crippen LogP contribution in [-0.4, -0.2) is 18.8 Å². The van der Waals surface area contributed by atoms with Crippen molar-refractivity contribution in [1.29, 1.82) is 0 Å². The maximum Gasteiger partial charge on any atom is 0.128 e. The van der Waals surface area contributed by atoms with Crippen LogP contribution in [0.3, 0.4) is 0 Å². The number of nitrogens with zero attached hydrogens (tertiary/aromatic N) is 1. The summed E-state index contributed by atoms with van der Waals surface area (Å²) in [5.41, 5.74) is 8.73. The predicted molar refractivity (Wildman–Crippen MR) is 85.0 cm³/mol. The van der Waals surface area contributed by atoms with Crippen LogP contribution in [0.4, 0.5) is 5.69 Å². The van der Waals surface area contributed by atoms with Crippen LogP contribution in [0.25, 0.3) is 10.9 Å². The lowest BCUT2D eigenvalue weighted by molar-refractivity contribution is 0.409. The van der Waals surface area contributed by atoms with Gasteiger partial charge in [0.15, 0.2) is 0 Å². The predicted octanol–water partition coefficient (Wildman–Crippen LogP) is 3.29. The third kappa shape index (κ3) is 2.40. The Balaban J connectivity index is 2.03. The normalized spacial score (nSPS) is 10.8. The summed E-state index contributed by atoms with van der Waals surface area (Å²) >= 11 is 0. The van der Waals surface area contributed by atoms with Crippen LogP contribution in [0, 0.1) is 0 Å². The molecule has 0 radical (unpaired) electrons. The Kier molecular flexibility index (Phi) is 3.44. The van der Waals surface area contributed by atoms with E-state index < -0.39 is 0 Å². The zero-order valence-electron chi connectivity index (χ0n) is 12.2. The Hall–Kier alpha value is -2.62. The molecule has 0 spiro atoms. The monoisotopic (exact) mass is 282 g/mol. The van der Waals surface area contributed by atoms with Gasteiger partial charge in [-0.1, -0.05) is 12.1 Å². The van der Waals surface area contributed by atoms with E-state index in [4.69, 9.17) is 15.2 Å². The first-order valence-corrected chi connectivity index (χ1v) is 6.77. The summed E-state index contributed by atoms with van der Waals surface area (Å²) in [6, 6.07) is 13.9. The molecule has 0 unspecified atom stereocenters. The highest BCUT2D eigenvalue weighted by atomic mass is 16.5. The van der Waals surface area contributed by atoms with Crippen molar-refractivity contribution in [3.63, 3.8) is 0 Å². The van der Waals surface area contributed by atoms with E-state index in [0.29, 0.717) is 5.69 Å². The molecule has 0 bridgehead atoms. The highest BCUT2D eigenvalue weighted by Crippen LogP contribution is 2.28. The summed E-state index contributed by atoms with van der Waals surface area (Å²) in [5.74, 6) is 1.69. The number of methoxy groups -OCH3 is 2. The van der Waals surface area contributed by atoms with Crippen molar-refractivity contribution in [3.8, 4) is 11.5 Å². The maximum absolute atomic E-state index is 5.80. The molecule has 3 rings (SSSR count). The molecule has 1 aromatic heterocycles. The van der Waals surface area contributed by atoms with Gasteiger partial charge in [0.2, 0.25) is 0 Å². The van der Waals surface area contributed by atoms with E-state index in [0.717, 1.165) is 34.5 Å². The van der Waals surface area contributed by atoms with Gasteiger partial charge in [0.1, 0.15) is 11.5 Å². The highest BCUT2D eigenvalue weighted by molar-refractivity contribution is 5.86. The highest BCUT2D eigenvalue weighted by Gasteiger charge is 2.09. The van der Waals surface area contributed by atoms with E-state index in [1.165, 1.54) is 0 Å². The summed E-state index contributed by atoms with van der Waals surface area (Å²) in [5, 5.41) is 1.11. The van der Waals surface area contributed by atoms with Gasteiger partial charge in [0.25, 0.3) is 0 Å². The first-order chi connectivity index (χ1) is 10.2. The maximum atomic E-state index is 5.80. The van der Waals surface area contributed by atoms with Crippen LogP contribution in [0.15, 0.2) is 48.7 Å².